The highest BCUT2D eigenvalue weighted by Crippen LogP contribution is 2.47. The zero-order chi connectivity index (χ0) is 20.0. The lowest BCUT2D eigenvalue weighted by atomic mass is 9.73. The van der Waals surface area contributed by atoms with Crippen molar-refractivity contribution in [3.8, 4) is 11.5 Å². The summed E-state index contributed by atoms with van der Waals surface area (Å²) in [7, 11) is 1.29. The van der Waals surface area contributed by atoms with Crippen LogP contribution in [-0.4, -0.2) is 18.4 Å². The minimum Gasteiger partial charge on any atom is -0.507 e. The number of methoxy groups -OCH3 is 1. The van der Waals surface area contributed by atoms with Crippen LogP contribution in [0.5, 0.6) is 11.5 Å². The smallest absolute Gasteiger partial charge is 0.507 e. The first kappa shape index (κ1) is 21.1. The number of rotatable bonds is 7. The first-order valence-corrected chi connectivity index (χ1v) is 9.81. The average Bonchev–Trinajstić information content (AvgIpc) is 2.61. The van der Waals surface area contributed by atoms with Crippen molar-refractivity contribution in [2.24, 2.45) is 5.92 Å². The van der Waals surface area contributed by atoms with Gasteiger partial charge in [0.2, 0.25) is 0 Å². The van der Waals surface area contributed by atoms with Crippen LogP contribution in [0.15, 0.2) is 35.9 Å². The molecule has 1 aliphatic carbocycles. The summed E-state index contributed by atoms with van der Waals surface area (Å²) >= 11 is 0. The van der Waals surface area contributed by atoms with Gasteiger partial charge in [-0.05, 0) is 63.1 Å². The van der Waals surface area contributed by atoms with Crippen LogP contribution in [0.2, 0.25) is 0 Å². The zero-order valence-corrected chi connectivity index (χ0v) is 17.0. The van der Waals surface area contributed by atoms with Gasteiger partial charge in [0.25, 0.3) is 0 Å². The summed E-state index contributed by atoms with van der Waals surface area (Å²) in [4.78, 5) is 11.8. The van der Waals surface area contributed by atoms with E-state index in [0.29, 0.717) is 11.3 Å². The predicted octanol–water partition coefficient (Wildman–Crippen LogP) is 6.29. The lowest BCUT2D eigenvalue weighted by Crippen LogP contribution is -2.19. The van der Waals surface area contributed by atoms with Crippen LogP contribution >= 0.6 is 0 Å². The Labute approximate surface area is 162 Å². The van der Waals surface area contributed by atoms with Crippen LogP contribution < -0.4 is 4.74 Å². The van der Waals surface area contributed by atoms with Gasteiger partial charge in [-0.3, -0.25) is 0 Å². The number of hydrogen-bond donors (Lipinski definition) is 1. The van der Waals surface area contributed by atoms with Gasteiger partial charge in [0, 0.05) is 11.5 Å². The number of aryl methyl sites for hydroxylation is 1. The molecule has 0 radical (unpaired) electrons. The number of carbonyl (C=O) groups is 1. The largest absolute Gasteiger partial charge is 0.513 e. The molecule has 0 saturated carbocycles. The van der Waals surface area contributed by atoms with Crippen molar-refractivity contribution in [2.75, 3.05) is 7.11 Å². The van der Waals surface area contributed by atoms with Gasteiger partial charge >= 0.3 is 6.16 Å². The second-order valence-electron chi connectivity index (χ2n) is 7.57. The second kappa shape index (κ2) is 9.63. The second-order valence-corrected chi connectivity index (χ2v) is 7.57. The molecule has 0 aromatic heterocycles. The predicted molar refractivity (Wildman–Crippen MR) is 108 cm³/mol. The highest BCUT2D eigenvalue weighted by atomic mass is 16.7. The Morgan fingerprint density at radius 1 is 1.33 bits per heavy atom. The summed E-state index contributed by atoms with van der Waals surface area (Å²) < 4.78 is 10.2. The molecular formula is C23H32O4. The van der Waals surface area contributed by atoms with Gasteiger partial charge in [0.05, 0.1) is 7.11 Å². The number of phenols is 1. The Hall–Kier alpha value is -2.23. The van der Waals surface area contributed by atoms with Gasteiger partial charge in [0.15, 0.2) is 0 Å². The third-order valence-corrected chi connectivity index (χ3v) is 5.32. The van der Waals surface area contributed by atoms with Crippen molar-refractivity contribution < 1.29 is 19.4 Å². The monoisotopic (exact) mass is 372 g/mol. The number of aromatic hydroxyl groups is 1. The molecule has 0 fully saturated rings. The molecule has 4 nitrogen and oxygen atoms in total. The lowest BCUT2D eigenvalue weighted by Gasteiger charge is -2.32. The van der Waals surface area contributed by atoms with Gasteiger partial charge < -0.3 is 14.6 Å². The summed E-state index contributed by atoms with van der Waals surface area (Å²) in [6.07, 6.45) is 7.49. The average molecular weight is 373 g/mol. The third kappa shape index (κ3) is 5.38. The molecule has 1 N–H and O–H groups in total. The molecule has 2 atom stereocenters. The molecule has 27 heavy (non-hydrogen) atoms. The van der Waals surface area contributed by atoms with E-state index >= 15 is 0 Å². The fourth-order valence-corrected chi connectivity index (χ4v) is 3.85. The molecule has 1 aromatic carbocycles. The fraction of sp³-hybridized carbons (Fsp3) is 0.522. The van der Waals surface area contributed by atoms with Crippen molar-refractivity contribution in [1.82, 2.24) is 0 Å². The SMILES string of the molecule is C=C(C)[C@@H]1CCC(C)=C[C@H]1c1c(O)cc(CCCCC)cc1OC(=O)OC. The van der Waals surface area contributed by atoms with Crippen LogP contribution in [-0.2, 0) is 11.2 Å². The fourth-order valence-electron chi connectivity index (χ4n) is 3.85. The summed E-state index contributed by atoms with van der Waals surface area (Å²) in [5.41, 5.74) is 3.95. The van der Waals surface area contributed by atoms with Crippen molar-refractivity contribution in [3.05, 3.63) is 47.1 Å². The van der Waals surface area contributed by atoms with Crippen molar-refractivity contribution in [1.29, 1.82) is 0 Å². The number of phenolic OH excluding ortho intramolecular Hbond substituents is 1. The maximum absolute atomic E-state index is 11.8. The number of hydrogen-bond acceptors (Lipinski definition) is 4. The van der Waals surface area contributed by atoms with Gasteiger partial charge in [-0.25, -0.2) is 4.79 Å². The molecule has 0 heterocycles. The van der Waals surface area contributed by atoms with E-state index < -0.39 is 6.16 Å². The van der Waals surface area contributed by atoms with E-state index in [9.17, 15) is 9.90 Å². The van der Waals surface area contributed by atoms with E-state index in [1.165, 1.54) is 12.7 Å². The molecule has 148 valence electrons. The molecular weight excluding hydrogens is 340 g/mol. The minimum atomic E-state index is -0.773. The number of allylic oxidation sites excluding steroid dienone is 3. The first-order valence-electron chi connectivity index (χ1n) is 9.81. The van der Waals surface area contributed by atoms with Crippen molar-refractivity contribution in [2.45, 2.75) is 65.2 Å². The Balaban J connectivity index is 2.50. The van der Waals surface area contributed by atoms with Crippen LogP contribution in [0.4, 0.5) is 4.79 Å². The Morgan fingerprint density at radius 2 is 2.07 bits per heavy atom. The normalized spacial score (nSPS) is 19.3. The Bertz CT molecular complexity index is 717. The third-order valence-electron chi connectivity index (χ3n) is 5.32. The molecule has 0 unspecified atom stereocenters. The standard InChI is InChI=1S/C23H32O4/c1-6-7-8-9-17-13-20(24)22(21(14-17)27-23(25)26-5)19-12-16(4)10-11-18(19)15(2)3/h12-14,18-19,24H,2,6-11H2,1,3-5H3/t18-,19+/m0/s1. The van der Waals surface area contributed by atoms with E-state index in [2.05, 4.69) is 26.5 Å². The van der Waals surface area contributed by atoms with E-state index in [1.54, 1.807) is 0 Å². The summed E-state index contributed by atoms with van der Waals surface area (Å²) in [5.74, 6) is 0.687. The molecule has 0 bridgehead atoms. The minimum absolute atomic E-state index is 0.0689. The van der Waals surface area contributed by atoms with Gasteiger partial charge in [-0.2, -0.15) is 0 Å². The molecule has 1 aromatic rings. The van der Waals surface area contributed by atoms with E-state index in [4.69, 9.17) is 9.47 Å². The number of benzene rings is 1. The molecule has 2 rings (SSSR count). The molecule has 0 spiro atoms. The van der Waals surface area contributed by atoms with Crippen LogP contribution in [0, 0.1) is 5.92 Å². The zero-order valence-electron chi connectivity index (χ0n) is 17.0. The van der Waals surface area contributed by atoms with Gasteiger partial charge in [0.1, 0.15) is 11.5 Å². The van der Waals surface area contributed by atoms with Crippen molar-refractivity contribution in [3.63, 3.8) is 0 Å². The number of carbonyl (C=O) groups excluding carboxylic acids is 1. The lowest BCUT2D eigenvalue weighted by molar-refractivity contribution is 0.120. The van der Waals surface area contributed by atoms with Crippen molar-refractivity contribution >= 4 is 6.16 Å². The Morgan fingerprint density at radius 3 is 2.70 bits per heavy atom. The van der Waals surface area contributed by atoms with Gasteiger partial charge in [-0.15, -0.1) is 0 Å². The highest BCUT2D eigenvalue weighted by Gasteiger charge is 2.31. The topological polar surface area (TPSA) is 55.8 Å². The van der Waals surface area contributed by atoms with Crippen LogP contribution in [0.3, 0.4) is 0 Å². The summed E-state index contributed by atoms with van der Waals surface area (Å²) in [6.45, 7) is 10.4. The van der Waals surface area contributed by atoms with E-state index in [0.717, 1.165) is 49.7 Å². The summed E-state index contributed by atoms with van der Waals surface area (Å²) in [5, 5.41) is 10.9. The van der Waals surface area contributed by atoms with Gasteiger partial charge in [-0.1, -0.05) is 43.6 Å². The maximum atomic E-state index is 11.8. The molecule has 1 aliphatic rings. The maximum Gasteiger partial charge on any atom is 0.513 e. The van der Waals surface area contributed by atoms with E-state index in [-0.39, 0.29) is 17.6 Å². The van der Waals surface area contributed by atoms with Crippen LogP contribution in [0.1, 0.15) is 69.9 Å². The summed E-state index contributed by atoms with van der Waals surface area (Å²) in [6, 6.07) is 3.68. The molecule has 4 heteroatoms. The molecule has 0 saturated heterocycles. The molecule has 0 amide bonds. The molecule has 0 aliphatic heterocycles. The number of ether oxygens (including phenoxy) is 2. The quantitative estimate of drug-likeness (QED) is 0.265. The van der Waals surface area contributed by atoms with E-state index in [1.807, 2.05) is 19.1 Å². The Kier molecular flexibility index (Phi) is 7.52. The van der Waals surface area contributed by atoms with Crippen LogP contribution in [0.25, 0.3) is 0 Å². The first-order chi connectivity index (χ1) is 12.9. The number of unbranched alkanes of at least 4 members (excludes halogenated alkanes) is 2. The highest BCUT2D eigenvalue weighted by molar-refractivity contribution is 5.66.